The van der Waals surface area contributed by atoms with Gasteiger partial charge in [0, 0.05) is 6.42 Å². The average Bonchev–Trinajstić information content (AvgIpc) is 3.88. The predicted molar refractivity (Wildman–Crippen MR) is 183 cm³/mol. The first kappa shape index (κ1) is 32.0. The largest absolute Gasteiger partial charge is 0.497 e. The van der Waals surface area contributed by atoms with Crippen LogP contribution in [0.5, 0.6) is 11.5 Å². The number of amides is 2. The molecule has 1 atom stereocenters. The molecule has 2 aromatic heterocycles. The zero-order valence-electron chi connectivity index (χ0n) is 26.3. The van der Waals surface area contributed by atoms with Gasteiger partial charge in [-0.05, 0) is 72.3 Å². The second-order valence-electron chi connectivity index (χ2n) is 10.9. The van der Waals surface area contributed by atoms with Crippen molar-refractivity contribution in [1.29, 1.82) is 0 Å². The summed E-state index contributed by atoms with van der Waals surface area (Å²) in [6, 6.07) is 26.7. The Morgan fingerprint density at radius 1 is 0.957 bits per heavy atom. The third-order valence-electron chi connectivity index (χ3n) is 7.87. The van der Waals surface area contributed by atoms with Crippen LogP contribution in [0.1, 0.15) is 39.9 Å². The molecule has 0 spiro atoms. The molecule has 0 radical (unpaired) electrons. The minimum absolute atomic E-state index is 0.0914. The lowest BCUT2D eigenvalue weighted by atomic mass is 10.0. The maximum Gasteiger partial charge on any atom is 0.258 e. The summed E-state index contributed by atoms with van der Waals surface area (Å²) >= 11 is 2.90. The number of aromatic nitrogens is 3. The average molecular weight is 667 g/mol. The first-order valence-corrected chi connectivity index (χ1v) is 16.9. The van der Waals surface area contributed by atoms with E-state index < -0.39 is 0 Å². The van der Waals surface area contributed by atoms with Gasteiger partial charge in [0.05, 0.1) is 41.7 Å². The highest BCUT2D eigenvalue weighted by molar-refractivity contribution is 7.99. The molecule has 5 aromatic rings. The van der Waals surface area contributed by atoms with Gasteiger partial charge in [0.25, 0.3) is 11.8 Å². The molecule has 12 heteroatoms. The Balaban J connectivity index is 1.21. The lowest BCUT2D eigenvalue weighted by Gasteiger charge is -2.22. The number of carbonyl (C=O) groups excluding carboxylic acids is 2. The Labute approximate surface area is 281 Å². The van der Waals surface area contributed by atoms with Crippen molar-refractivity contribution in [2.45, 2.75) is 38.0 Å². The van der Waals surface area contributed by atoms with Crippen molar-refractivity contribution in [2.75, 3.05) is 19.5 Å². The number of hydrogen-bond acceptors (Lipinski definition) is 9. The highest BCUT2D eigenvalue weighted by Gasteiger charge is 2.34. The van der Waals surface area contributed by atoms with Gasteiger partial charge < -0.3 is 14.8 Å². The summed E-state index contributed by atoms with van der Waals surface area (Å²) in [5, 5.41) is 20.7. The van der Waals surface area contributed by atoms with Crippen LogP contribution in [0.15, 0.2) is 101 Å². The molecule has 10 nitrogen and oxygen atoms in total. The van der Waals surface area contributed by atoms with Crippen molar-refractivity contribution < 1.29 is 19.1 Å². The molecule has 3 heterocycles. The van der Waals surface area contributed by atoms with E-state index in [2.05, 4.69) is 15.5 Å². The molecule has 0 aliphatic carbocycles. The number of hydrazone groups is 1. The van der Waals surface area contributed by atoms with Gasteiger partial charge >= 0.3 is 0 Å². The van der Waals surface area contributed by atoms with E-state index in [9.17, 15) is 9.59 Å². The molecule has 0 fully saturated rings. The molecule has 1 N–H and O–H groups in total. The van der Waals surface area contributed by atoms with Crippen LogP contribution >= 0.6 is 23.1 Å². The number of rotatable bonds is 12. The topological polar surface area (TPSA) is 111 Å². The van der Waals surface area contributed by atoms with E-state index in [4.69, 9.17) is 14.6 Å². The monoisotopic (exact) mass is 666 g/mol. The maximum atomic E-state index is 13.9. The van der Waals surface area contributed by atoms with Crippen molar-refractivity contribution >= 4 is 40.6 Å². The van der Waals surface area contributed by atoms with Gasteiger partial charge in [-0.25, -0.2) is 5.01 Å². The number of thiophene rings is 1. The molecule has 6 rings (SSSR count). The van der Waals surface area contributed by atoms with Gasteiger partial charge in [-0.1, -0.05) is 60.3 Å². The molecular weight excluding hydrogens is 633 g/mol. The number of aryl methyl sites for hydroxylation is 1. The Morgan fingerprint density at radius 2 is 1.77 bits per heavy atom. The zero-order chi connectivity index (χ0) is 32.8. The van der Waals surface area contributed by atoms with Crippen LogP contribution in [0.25, 0.3) is 5.69 Å². The number of ether oxygens (including phenoxy) is 2. The van der Waals surface area contributed by atoms with E-state index in [1.54, 1.807) is 35.6 Å². The van der Waals surface area contributed by atoms with Gasteiger partial charge in [-0.3, -0.25) is 14.2 Å². The highest BCUT2D eigenvalue weighted by atomic mass is 32.2. The number of hydrogen-bond donors (Lipinski definition) is 1. The molecule has 0 saturated heterocycles. The molecular formula is C35H34N6O4S2. The van der Waals surface area contributed by atoms with Gasteiger partial charge in [-0.2, -0.15) is 5.10 Å². The SMILES string of the molecule is COc1ccc([C@@H]2CC(c3cccs3)=NN2C(=O)CSc2nnc(CNC(=O)COc3ccccc3)n2-c2cccc(C)c2C)cc1. The van der Waals surface area contributed by atoms with E-state index in [1.165, 1.54) is 11.8 Å². The third kappa shape index (κ3) is 7.39. The van der Waals surface area contributed by atoms with Gasteiger partial charge in [0.2, 0.25) is 0 Å². The van der Waals surface area contributed by atoms with Crippen molar-refractivity contribution in [3.8, 4) is 17.2 Å². The third-order valence-corrected chi connectivity index (χ3v) is 9.70. The Kier molecular flexibility index (Phi) is 9.98. The summed E-state index contributed by atoms with van der Waals surface area (Å²) in [4.78, 5) is 27.6. The number of nitrogens with zero attached hydrogens (tertiary/aromatic N) is 5. The molecule has 0 saturated carbocycles. The Hall–Kier alpha value is -4.94. The molecule has 0 unspecified atom stereocenters. The summed E-state index contributed by atoms with van der Waals surface area (Å²) in [7, 11) is 1.63. The quantitative estimate of drug-likeness (QED) is 0.160. The molecule has 240 valence electrons. The van der Waals surface area contributed by atoms with Crippen molar-refractivity contribution in [2.24, 2.45) is 5.10 Å². The minimum atomic E-state index is -0.285. The Morgan fingerprint density at radius 3 is 2.51 bits per heavy atom. The maximum absolute atomic E-state index is 13.9. The number of thioether (sulfide) groups is 1. The molecule has 1 aliphatic rings. The summed E-state index contributed by atoms with van der Waals surface area (Å²) in [6.45, 7) is 4.07. The van der Waals surface area contributed by atoms with E-state index in [0.717, 1.165) is 38.7 Å². The minimum Gasteiger partial charge on any atom is -0.497 e. The fraction of sp³-hybridized carbons (Fsp3) is 0.229. The fourth-order valence-corrected chi connectivity index (χ4v) is 6.77. The van der Waals surface area contributed by atoms with Crippen LogP contribution in [0.2, 0.25) is 0 Å². The van der Waals surface area contributed by atoms with Crippen LogP contribution in [0.4, 0.5) is 0 Å². The summed E-state index contributed by atoms with van der Waals surface area (Å²) in [6.07, 6.45) is 0.611. The fourth-order valence-electron chi connectivity index (χ4n) is 5.23. The number of carbonyl (C=O) groups is 2. The van der Waals surface area contributed by atoms with E-state index in [-0.39, 0.29) is 36.8 Å². The summed E-state index contributed by atoms with van der Waals surface area (Å²) < 4.78 is 12.8. The van der Waals surface area contributed by atoms with Crippen LogP contribution in [0.3, 0.4) is 0 Å². The zero-order valence-corrected chi connectivity index (χ0v) is 27.9. The van der Waals surface area contributed by atoms with Crippen LogP contribution in [-0.2, 0) is 16.1 Å². The normalized spacial score (nSPS) is 14.1. The van der Waals surface area contributed by atoms with Crippen molar-refractivity contribution in [3.05, 3.63) is 118 Å². The lowest BCUT2D eigenvalue weighted by molar-refractivity contribution is -0.130. The van der Waals surface area contributed by atoms with E-state index in [1.807, 2.05) is 96.6 Å². The summed E-state index contributed by atoms with van der Waals surface area (Å²) in [5.74, 6) is 1.56. The van der Waals surface area contributed by atoms with Crippen molar-refractivity contribution in [1.82, 2.24) is 25.1 Å². The number of nitrogens with one attached hydrogen (secondary N) is 1. The number of benzene rings is 3. The number of para-hydroxylation sites is 1. The molecule has 3 aromatic carbocycles. The molecule has 47 heavy (non-hydrogen) atoms. The Bertz CT molecular complexity index is 1870. The number of methoxy groups -OCH3 is 1. The van der Waals surface area contributed by atoms with Crippen molar-refractivity contribution in [3.63, 3.8) is 0 Å². The standard InChI is InChI=1S/C35H34N6O4S2/c1-23-9-7-12-29(24(23)2)40-32(20-36-33(42)21-45-27-10-5-4-6-11-27)37-38-35(40)47-22-34(43)41-30(25-14-16-26(44-3)17-15-25)19-28(39-41)31-13-8-18-46-31/h4-18,30H,19-22H2,1-3H3,(H,36,42)/t30-/m0/s1. The van der Waals surface area contributed by atoms with E-state index in [0.29, 0.717) is 23.2 Å². The first-order chi connectivity index (χ1) is 22.9. The molecule has 2 amide bonds. The predicted octanol–water partition coefficient (Wildman–Crippen LogP) is 6.12. The second kappa shape index (κ2) is 14.7. The smallest absolute Gasteiger partial charge is 0.258 e. The van der Waals surface area contributed by atoms with E-state index >= 15 is 0 Å². The highest BCUT2D eigenvalue weighted by Crippen LogP contribution is 2.35. The van der Waals surface area contributed by atoms with Gasteiger partial charge in [-0.15, -0.1) is 21.5 Å². The van der Waals surface area contributed by atoms with Gasteiger partial charge in [0.1, 0.15) is 11.5 Å². The second-order valence-corrected chi connectivity index (χ2v) is 12.8. The van der Waals surface area contributed by atoms with Crippen LogP contribution in [0, 0.1) is 13.8 Å². The molecule has 0 bridgehead atoms. The van der Waals surface area contributed by atoms with Crippen LogP contribution in [-0.4, -0.2) is 56.8 Å². The lowest BCUT2D eigenvalue weighted by Crippen LogP contribution is -2.29. The van der Waals surface area contributed by atoms with Gasteiger partial charge in [0.15, 0.2) is 17.6 Å². The summed E-state index contributed by atoms with van der Waals surface area (Å²) in [5.41, 5.74) is 4.89. The first-order valence-electron chi connectivity index (χ1n) is 15.1. The molecule has 1 aliphatic heterocycles. The van der Waals surface area contributed by atoms with Crippen LogP contribution < -0.4 is 14.8 Å².